The first-order chi connectivity index (χ1) is 9.81. The molecular weight excluding hydrogens is 318 g/mol. The number of aliphatic carboxylic acids is 1. The van der Waals surface area contributed by atoms with Gasteiger partial charge in [-0.15, -0.1) is 0 Å². The number of sulfonamides is 1. The van der Waals surface area contributed by atoms with E-state index in [0.717, 1.165) is 4.31 Å². The summed E-state index contributed by atoms with van der Waals surface area (Å²) in [5, 5.41) is 9.68. The first kappa shape index (κ1) is 16.2. The molecule has 1 aliphatic heterocycles. The maximum atomic E-state index is 12.5. The molecule has 1 aromatic rings. The molecule has 1 fully saturated rings. The van der Waals surface area contributed by atoms with Crippen LogP contribution >= 0.6 is 11.6 Å². The predicted octanol–water partition coefficient (Wildman–Crippen LogP) is 1.34. The fourth-order valence-electron chi connectivity index (χ4n) is 2.35. The van der Waals surface area contributed by atoms with E-state index in [1.807, 2.05) is 0 Å². The van der Waals surface area contributed by atoms with E-state index in [9.17, 15) is 18.3 Å². The Morgan fingerprint density at radius 3 is 2.86 bits per heavy atom. The molecule has 1 N–H and O–H groups in total. The summed E-state index contributed by atoms with van der Waals surface area (Å²) in [6, 6.07) is 5.29. The van der Waals surface area contributed by atoms with Gasteiger partial charge in [0.05, 0.1) is 18.5 Å². The number of nitrogens with zero attached hydrogens (tertiary/aromatic N) is 1. The average Bonchev–Trinajstić information content (AvgIpc) is 2.37. The average molecular weight is 334 g/mol. The minimum atomic E-state index is -3.77. The second-order valence-corrected chi connectivity index (χ2v) is 7.21. The van der Waals surface area contributed by atoms with E-state index in [2.05, 4.69) is 0 Å². The van der Waals surface area contributed by atoms with Gasteiger partial charge in [0.15, 0.2) is 0 Å². The van der Waals surface area contributed by atoms with Gasteiger partial charge in [0, 0.05) is 11.6 Å². The lowest BCUT2D eigenvalue weighted by Gasteiger charge is -2.36. The number of hydrogen-bond acceptors (Lipinski definition) is 4. The molecular formula is C13H16ClNO5S. The predicted molar refractivity (Wildman–Crippen MR) is 77.6 cm³/mol. The van der Waals surface area contributed by atoms with Crippen molar-refractivity contribution in [3.8, 4) is 0 Å². The maximum absolute atomic E-state index is 12.5. The van der Waals surface area contributed by atoms with Crippen LogP contribution in [0.15, 0.2) is 24.3 Å². The van der Waals surface area contributed by atoms with E-state index in [-0.39, 0.29) is 18.9 Å². The Morgan fingerprint density at radius 2 is 2.24 bits per heavy atom. The highest BCUT2D eigenvalue weighted by Crippen LogP contribution is 2.22. The van der Waals surface area contributed by atoms with Crippen molar-refractivity contribution in [3.05, 3.63) is 34.9 Å². The van der Waals surface area contributed by atoms with Gasteiger partial charge in [-0.25, -0.2) is 8.42 Å². The molecule has 0 aliphatic carbocycles. The first-order valence-corrected chi connectivity index (χ1v) is 8.38. The lowest BCUT2D eigenvalue weighted by molar-refractivity contribution is -0.150. The highest BCUT2D eigenvalue weighted by molar-refractivity contribution is 7.88. The monoisotopic (exact) mass is 333 g/mol. The summed E-state index contributed by atoms with van der Waals surface area (Å²) in [7, 11) is -3.77. The maximum Gasteiger partial charge on any atom is 0.324 e. The highest BCUT2D eigenvalue weighted by Gasteiger charge is 2.41. The second kappa shape index (κ2) is 6.31. The van der Waals surface area contributed by atoms with Gasteiger partial charge in [0.2, 0.25) is 10.0 Å². The molecule has 0 radical (unpaired) electrons. The van der Waals surface area contributed by atoms with Crippen molar-refractivity contribution in [1.82, 2.24) is 4.31 Å². The van der Waals surface area contributed by atoms with Crippen molar-refractivity contribution in [2.45, 2.75) is 24.8 Å². The Kier molecular flexibility index (Phi) is 4.88. The number of halogens is 1. The third-order valence-corrected chi connectivity index (χ3v) is 5.35. The number of carboxylic acid groups (broad SMARTS) is 1. The standard InChI is InChI=1S/C13H16ClNO5S/c1-9-12(13(16)17)15(5-6-20-9)21(18,19)8-10-3-2-4-11(14)7-10/h2-4,7,9,12H,5-6,8H2,1H3,(H,16,17)/t9-,12+/m0/s1. The van der Waals surface area contributed by atoms with Gasteiger partial charge in [-0.3, -0.25) is 4.79 Å². The van der Waals surface area contributed by atoms with Crippen LogP contribution in [0.2, 0.25) is 5.02 Å². The van der Waals surface area contributed by atoms with Crippen molar-refractivity contribution in [2.24, 2.45) is 0 Å². The molecule has 0 aromatic heterocycles. The van der Waals surface area contributed by atoms with E-state index < -0.39 is 28.1 Å². The van der Waals surface area contributed by atoms with Gasteiger partial charge in [-0.05, 0) is 24.6 Å². The number of ether oxygens (including phenoxy) is 1. The van der Waals surface area contributed by atoms with Gasteiger partial charge in [-0.1, -0.05) is 23.7 Å². The fraction of sp³-hybridized carbons (Fsp3) is 0.462. The lowest BCUT2D eigenvalue weighted by atomic mass is 10.1. The SMILES string of the molecule is C[C@@H]1OCCN(S(=O)(=O)Cc2cccc(Cl)c2)[C@H]1C(=O)O. The van der Waals surface area contributed by atoms with Crippen LogP contribution in [0.5, 0.6) is 0 Å². The third kappa shape index (κ3) is 3.74. The topological polar surface area (TPSA) is 83.9 Å². The zero-order valence-electron chi connectivity index (χ0n) is 11.4. The number of carboxylic acids is 1. The van der Waals surface area contributed by atoms with Crippen molar-refractivity contribution < 1.29 is 23.1 Å². The van der Waals surface area contributed by atoms with Crippen molar-refractivity contribution >= 4 is 27.6 Å². The molecule has 1 heterocycles. The van der Waals surface area contributed by atoms with E-state index in [4.69, 9.17) is 16.3 Å². The van der Waals surface area contributed by atoms with E-state index in [1.165, 1.54) is 0 Å². The van der Waals surface area contributed by atoms with Gasteiger partial charge < -0.3 is 9.84 Å². The minimum Gasteiger partial charge on any atom is -0.480 e. The molecule has 2 atom stereocenters. The Morgan fingerprint density at radius 1 is 1.52 bits per heavy atom. The molecule has 0 unspecified atom stereocenters. The summed E-state index contributed by atoms with van der Waals surface area (Å²) < 4.78 is 31.2. The molecule has 1 aromatic carbocycles. The van der Waals surface area contributed by atoms with Crippen LogP contribution in [-0.2, 0) is 25.3 Å². The van der Waals surface area contributed by atoms with Gasteiger partial charge in [0.25, 0.3) is 0 Å². The highest BCUT2D eigenvalue weighted by atomic mass is 35.5. The summed E-state index contributed by atoms with van der Waals surface area (Å²) in [6.45, 7) is 1.77. The Bertz CT molecular complexity index is 633. The first-order valence-electron chi connectivity index (χ1n) is 6.39. The number of rotatable bonds is 4. The van der Waals surface area contributed by atoms with E-state index in [1.54, 1.807) is 31.2 Å². The van der Waals surface area contributed by atoms with Crippen LogP contribution in [0.25, 0.3) is 0 Å². The number of carbonyl (C=O) groups is 1. The van der Waals surface area contributed by atoms with Crippen molar-refractivity contribution in [3.63, 3.8) is 0 Å². The van der Waals surface area contributed by atoms with Crippen molar-refractivity contribution in [2.75, 3.05) is 13.2 Å². The normalized spacial score (nSPS) is 23.9. The molecule has 21 heavy (non-hydrogen) atoms. The van der Waals surface area contributed by atoms with Crippen LogP contribution in [0.3, 0.4) is 0 Å². The Labute approximate surface area is 128 Å². The van der Waals surface area contributed by atoms with Crippen LogP contribution < -0.4 is 0 Å². The molecule has 1 aliphatic rings. The van der Waals surface area contributed by atoms with E-state index in [0.29, 0.717) is 10.6 Å². The number of benzene rings is 1. The van der Waals surface area contributed by atoms with E-state index >= 15 is 0 Å². The molecule has 8 heteroatoms. The molecule has 0 amide bonds. The Balaban J connectivity index is 2.27. The van der Waals surface area contributed by atoms with Crippen LogP contribution in [0, 0.1) is 0 Å². The fourth-order valence-corrected chi connectivity index (χ4v) is 4.29. The summed E-state index contributed by atoms with van der Waals surface area (Å²) in [5.74, 6) is -1.50. The number of morpholine rings is 1. The quantitative estimate of drug-likeness (QED) is 0.899. The van der Waals surface area contributed by atoms with Crippen LogP contribution in [0.1, 0.15) is 12.5 Å². The summed E-state index contributed by atoms with van der Waals surface area (Å²) >= 11 is 5.84. The molecule has 0 spiro atoms. The minimum absolute atomic E-state index is 0.0320. The summed E-state index contributed by atoms with van der Waals surface area (Å²) in [6.07, 6.45) is -0.689. The summed E-state index contributed by atoms with van der Waals surface area (Å²) in [5.41, 5.74) is 0.519. The molecule has 0 bridgehead atoms. The number of hydrogen-bond donors (Lipinski definition) is 1. The largest absolute Gasteiger partial charge is 0.480 e. The van der Waals surface area contributed by atoms with Gasteiger partial charge in [-0.2, -0.15) is 4.31 Å². The molecule has 6 nitrogen and oxygen atoms in total. The van der Waals surface area contributed by atoms with Crippen molar-refractivity contribution in [1.29, 1.82) is 0 Å². The molecule has 2 rings (SSSR count). The smallest absolute Gasteiger partial charge is 0.324 e. The lowest BCUT2D eigenvalue weighted by Crippen LogP contribution is -2.56. The zero-order chi connectivity index (χ0) is 15.6. The third-order valence-electron chi connectivity index (χ3n) is 3.30. The van der Waals surface area contributed by atoms with Gasteiger partial charge in [0.1, 0.15) is 6.04 Å². The summed E-state index contributed by atoms with van der Waals surface area (Å²) in [4.78, 5) is 11.3. The van der Waals surface area contributed by atoms with Crippen LogP contribution in [-0.4, -0.2) is 49.1 Å². The second-order valence-electron chi connectivity index (χ2n) is 4.86. The van der Waals surface area contributed by atoms with Crippen LogP contribution in [0.4, 0.5) is 0 Å². The molecule has 1 saturated heterocycles. The molecule has 116 valence electrons. The zero-order valence-corrected chi connectivity index (χ0v) is 13.0. The molecule has 0 saturated carbocycles. The van der Waals surface area contributed by atoms with Gasteiger partial charge >= 0.3 is 5.97 Å². The Hall–Kier alpha value is -1.15.